The standard InChI is InChI=1S/C22H24ClFN2O6.C2H4O2.2CH4/c1-22(2,3)32-21(31)19(28)25-26(12-18(27)20(29)30)11-13-4-6-14(7-5-13)16-10-15(23)8-9-17(16)24;1-2(3)4;;/h4-10,18,27H,11-12H2,1-3H3,(H,25,28)(H,29,30);1H3,(H,3,4);2*1H4/t18-;;;/m1.../s1. The number of hydrogen-bond donors (Lipinski definition) is 4. The Hall–Kier alpha value is -3.54. The van der Waals surface area contributed by atoms with Gasteiger partial charge in [-0.15, -0.1) is 0 Å². The lowest BCUT2D eigenvalue weighted by Gasteiger charge is -2.25. The van der Waals surface area contributed by atoms with Gasteiger partial charge >= 0.3 is 17.8 Å². The maximum Gasteiger partial charge on any atom is 0.398 e. The molecule has 1 atom stereocenters. The van der Waals surface area contributed by atoms with E-state index in [9.17, 15) is 23.9 Å². The first-order chi connectivity index (χ1) is 16.6. The number of carboxylic acid groups (broad SMARTS) is 2. The Morgan fingerprint density at radius 2 is 1.58 bits per heavy atom. The summed E-state index contributed by atoms with van der Waals surface area (Å²) in [5.41, 5.74) is 2.82. The van der Waals surface area contributed by atoms with Crippen molar-refractivity contribution >= 4 is 35.4 Å². The Balaban J connectivity index is 0. The monoisotopic (exact) mass is 558 g/mol. The van der Waals surface area contributed by atoms with Crippen LogP contribution in [0.5, 0.6) is 0 Å². The SMILES string of the molecule is C.C.CC(=O)O.CC(C)(C)OC(=O)C(=O)NN(Cc1ccc(-c2cc(Cl)ccc2F)cc1)C[C@@H](O)C(=O)O. The van der Waals surface area contributed by atoms with Gasteiger partial charge in [0, 0.05) is 24.1 Å². The molecule has 2 aromatic rings. The number of esters is 1. The highest BCUT2D eigenvalue weighted by Crippen LogP contribution is 2.26. The van der Waals surface area contributed by atoms with Crippen LogP contribution >= 0.6 is 11.6 Å². The number of carboxylic acids is 2. The molecule has 12 heteroatoms. The number of carbonyl (C=O) groups excluding carboxylic acids is 2. The number of ether oxygens (including phenoxy) is 1. The van der Waals surface area contributed by atoms with Gasteiger partial charge in [-0.05, 0) is 50.1 Å². The highest BCUT2D eigenvalue weighted by atomic mass is 35.5. The van der Waals surface area contributed by atoms with Crippen molar-refractivity contribution in [3.05, 3.63) is 58.9 Å². The molecular weight excluding hydrogens is 523 g/mol. The van der Waals surface area contributed by atoms with Crippen molar-refractivity contribution < 1.29 is 43.6 Å². The van der Waals surface area contributed by atoms with Crippen LogP contribution in [-0.2, 0) is 30.5 Å². The topological polar surface area (TPSA) is 153 Å². The van der Waals surface area contributed by atoms with Crippen molar-refractivity contribution in [3.63, 3.8) is 0 Å². The summed E-state index contributed by atoms with van der Waals surface area (Å²) in [6.07, 6.45) is -1.81. The smallest absolute Gasteiger partial charge is 0.398 e. The lowest BCUT2D eigenvalue weighted by Crippen LogP contribution is -2.50. The quantitative estimate of drug-likeness (QED) is 0.223. The zero-order valence-corrected chi connectivity index (χ0v) is 20.9. The van der Waals surface area contributed by atoms with Crippen molar-refractivity contribution in [1.29, 1.82) is 0 Å². The second-order valence-electron chi connectivity index (χ2n) is 8.52. The number of hydrazine groups is 1. The molecule has 0 spiro atoms. The third-order valence-corrected chi connectivity index (χ3v) is 4.32. The number of hydrogen-bond acceptors (Lipinski definition) is 7. The summed E-state index contributed by atoms with van der Waals surface area (Å²) in [5, 5.41) is 27.6. The van der Waals surface area contributed by atoms with Gasteiger partial charge in [0.25, 0.3) is 5.97 Å². The van der Waals surface area contributed by atoms with Gasteiger partial charge in [-0.1, -0.05) is 50.7 Å². The van der Waals surface area contributed by atoms with Crippen LogP contribution in [0, 0.1) is 5.82 Å². The van der Waals surface area contributed by atoms with Gasteiger partial charge in [0.1, 0.15) is 11.4 Å². The van der Waals surface area contributed by atoms with Gasteiger partial charge in [0.2, 0.25) is 0 Å². The van der Waals surface area contributed by atoms with E-state index in [1.165, 1.54) is 18.2 Å². The average Bonchev–Trinajstić information content (AvgIpc) is 2.74. The van der Waals surface area contributed by atoms with Crippen molar-refractivity contribution in [2.24, 2.45) is 0 Å². The maximum atomic E-state index is 14.1. The molecule has 38 heavy (non-hydrogen) atoms. The molecule has 4 N–H and O–H groups in total. The molecule has 212 valence electrons. The Morgan fingerprint density at radius 1 is 1.05 bits per heavy atom. The van der Waals surface area contributed by atoms with Crippen LogP contribution in [0.2, 0.25) is 5.02 Å². The van der Waals surface area contributed by atoms with Gasteiger partial charge in [0.15, 0.2) is 6.10 Å². The van der Waals surface area contributed by atoms with Crippen LogP contribution in [0.25, 0.3) is 11.1 Å². The predicted octanol–water partition coefficient (Wildman–Crippen LogP) is 4.13. The van der Waals surface area contributed by atoms with Crippen LogP contribution < -0.4 is 5.43 Å². The summed E-state index contributed by atoms with van der Waals surface area (Å²) in [6, 6.07) is 10.7. The molecular formula is C26H36ClFN2O8. The highest BCUT2D eigenvalue weighted by Gasteiger charge is 2.26. The lowest BCUT2D eigenvalue weighted by atomic mass is 10.0. The second kappa shape index (κ2) is 16.3. The number of rotatable bonds is 7. The minimum atomic E-state index is -1.81. The molecule has 0 aliphatic heterocycles. The van der Waals surface area contributed by atoms with E-state index in [1.807, 2.05) is 0 Å². The molecule has 2 rings (SSSR count). The summed E-state index contributed by atoms with van der Waals surface area (Å²) in [5.74, 6) is -5.04. The van der Waals surface area contributed by atoms with Gasteiger partial charge in [-0.3, -0.25) is 15.0 Å². The molecule has 2 aromatic carbocycles. The van der Waals surface area contributed by atoms with E-state index in [0.29, 0.717) is 21.7 Å². The summed E-state index contributed by atoms with van der Waals surface area (Å²) in [6.45, 7) is 5.32. The van der Waals surface area contributed by atoms with Gasteiger partial charge in [0.05, 0.1) is 6.54 Å². The Labute approximate surface area is 227 Å². The highest BCUT2D eigenvalue weighted by molar-refractivity contribution is 6.32. The molecule has 0 heterocycles. The van der Waals surface area contributed by atoms with E-state index >= 15 is 0 Å². The summed E-state index contributed by atoms with van der Waals surface area (Å²) < 4.78 is 19.1. The van der Waals surface area contributed by atoms with E-state index in [0.717, 1.165) is 11.9 Å². The molecule has 10 nitrogen and oxygen atoms in total. The fraction of sp³-hybridized carbons (Fsp3) is 0.385. The second-order valence-corrected chi connectivity index (χ2v) is 8.95. The number of aliphatic carboxylic acids is 2. The molecule has 0 radical (unpaired) electrons. The number of amides is 1. The normalized spacial score (nSPS) is 11.1. The number of aliphatic hydroxyl groups is 1. The third kappa shape index (κ3) is 13.7. The first kappa shape index (κ1) is 36.6. The number of nitrogens with one attached hydrogen (secondary N) is 1. The largest absolute Gasteiger partial charge is 0.481 e. The predicted molar refractivity (Wildman–Crippen MR) is 142 cm³/mol. The molecule has 0 aliphatic rings. The first-order valence-corrected chi connectivity index (χ1v) is 10.9. The third-order valence-electron chi connectivity index (χ3n) is 4.09. The first-order valence-electron chi connectivity index (χ1n) is 10.5. The van der Waals surface area contributed by atoms with Crippen LogP contribution in [0.3, 0.4) is 0 Å². The van der Waals surface area contributed by atoms with Crippen molar-refractivity contribution in [3.8, 4) is 11.1 Å². The van der Waals surface area contributed by atoms with Crippen molar-refractivity contribution in [2.75, 3.05) is 6.54 Å². The molecule has 0 saturated carbocycles. The van der Waals surface area contributed by atoms with Crippen molar-refractivity contribution in [2.45, 2.75) is 60.8 Å². The van der Waals surface area contributed by atoms with E-state index in [4.69, 9.17) is 31.3 Å². The van der Waals surface area contributed by atoms with Gasteiger partial charge in [-0.25, -0.2) is 19.0 Å². The molecule has 0 bridgehead atoms. The number of aliphatic hydroxyl groups excluding tert-OH is 1. The molecule has 1 amide bonds. The zero-order valence-electron chi connectivity index (χ0n) is 20.1. The lowest BCUT2D eigenvalue weighted by molar-refractivity contribution is -0.166. The van der Waals surface area contributed by atoms with Crippen LogP contribution in [0.4, 0.5) is 4.39 Å². The molecule has 0 aromatic heterocycles. The van der Waals surface area contributed by atoms with Gasteiger partial charge in [-0.2, -0.15) is 0 Å². The molecule has 0 fully saturated rings. The zero-order chi connectivity index (χ0) is 27.6. The van der Waals surface area contributed by atoms with E-state index < -0.39 is 47.9 Å². The average molecular weight is 559 g/mol. The number of halogens is 2. The summed E-state index contributed by atoms with van der Waals surface area (Å²) >= 11 is 5.93. The van der Waals surface area contributed by atoms with E-state index in [2.05, 4.69) is 5.43 Å². The Kier molecular flexibility index (Phi) is 15.7. The molecule has 0 aliphatic carbocycles. The summed E-state index contributed by atoms with van der Waals surface area (Å²) in [4.78, 5) is 44.1. The van der Waals surface area contributed by atoms with Crippen LogP contribution in [0.1, 0.15) is 48.1 Å². The Morgan fingerprint density at radius 3 is 2.05 bits per heavy atom. The summed E-state index contributed by atoms with van der Waals surface area (Å²) in [7, 11) is 0. The molecule has 0 saturated heterocycles. The fourth-order valence-corrected chi connectivity index (χ4v) is 2.85. The van der Waals surface area contributed by atoms with Crippen LogP contribution in [0.15, 0.2) is 42.5 Å². The number of carbonyl (C=O) groups is 4. The van der Waals surface area contributed by atoms with Crippen molar-refractivity contribution in [1.82, 2.24) is 10.4 Å². The minimum Gasteiger partial charge on any atom is -0.481 e. The molecule has 0 unspecified atom stereocenters. The number of benzene rings is 2. The van der Waals surface area contributed by atoms with Crippen LogP contribution in [-0.4, -0.2) is 62.4 Å². The number of nitrogens with zero attached hydrogens (tertiary/aromatic N) is 1. The van der Waals surface area contributed by atoms with E-state index in [1.54, 1.807) is 45.0 Å². The minimum absolute atomic E-state index is 0. The fourth-order valence-electron chi connectivity index (χ4n) is 2.68. The Bertz CT molecular complexity index is 1080. The maximum absolute atomic E-state index is 14.1. The van der Waals surface area contributed by atoms with E-state index in [-0.39, 0.29) is 21.4 Å². The van der Waals surface area contributed by atoms with Gasteiger partial charge < -0.3 is 20.1 Å².